The Bertz CT molecular complexity index is 632. The van der Waals surface area contributed by atoms with Crippen molar-refractivity contribution < 1.29 is 19.3 Å². The molecule has 0 saturated carbocycles. The number of aromatic nitrogens is 3. The molecule has 3 rings (SSSR count). The number of nitrogens with two attached hydrogens (primary N) is 1. The van der Waals surface area contributed by atoms with Crippen LogP contribution in [0.15, 0.2) is 18.6 Å². The highest BCUT2D eigenvalue weighted by atomic mass is 16.6. The minimum absolute atomic E-state index is 0.148. The summed E-state index contributed by atoms with van der Waals surface area (Å²) >= 11 is 0. The van der Waals surface area contributed by atoms with Gasteiger partial charge in [-0.2, -0.15) is 0 Å². The van der Waals surface area contributed by atoms with E-state index >= 15 is 0 Å². The molecule has 1 unspecified atom stereocenters. The summed E-state index contributed by atoms with van der Waals surface area (Å²) < 4.78 is 18.6. The van der Waals surface area contributed by atoms with Gasteiger partial charge in [0.05, 0.1) is 18.5 Å². The smallest absolute Gasteiger partial charge is 0.164 e. The van der Waals surface area contributed by atoms with Gasteiger partial charge in [-0.15, -0.1) is 0 Å². The van der Waals surface area contributed by atoms with E-state index < -0.39 is 12.3 Å². The topological polar surface area (TPSA) is 105 Å². The van der Waals surface area contributed by atoms with Crippen LogP contribution < -0.4 is 5.73 Å². The highest BCUT2D eigenvalue weighted by Gasteiger charge is 2.46. The van der Waals surface area contributed by atoms with Crippen LogP contribution in [0.1, 0.15) is 6.23 Å². The molecule has 0 spiro atoms. The van der Waals surface area contributed by atoms with Crippen molar-refractivity contribution in [1.82, 2.24) is 14.5 Å². The van der Waals surface area contributed by atoms with Gasteiger partial charge >= 0.3 is 0 Å². The highest BCUT2D eigenvalue weighted by Crippen LogP contribution is 2.35. The first-order valence-electron chi connectivity index (χ1n) is 6.60. The van der Waals surface area contributed by atoms with Crippen LogP contribution in [-0.2, 0) is 14.2 Å². The van der Waals surface area contributed by atoms with E-state index in [-0.39, 0.29) is 18.8 Å². The lowest BCUT2D eigenvalue weighted by atomic mass is 10.1. The predicted octanol–water partition coefficient (Wildman–Crippen LogP) is -0.0668. The van der Waals surface area contributed by atoms with Crippen molar-refractivity contribution in [2.45, 2.75) is 24.5 Å². The molecule has 1 saturated heterocycles. The zero-order chi connectivity index (χ0) is 15.0. The molecule has 2 aromatic heterocycles. The van der Waals surface area contributed by atoms with Crippen LogP contribution in [0, 0.1) is 0 Å². The Balaban J connectivity index is 2.03. The minimum atomic E-state index is -0.457. The van der Waals surface area contributed by atoms with E-state index in [0.717, 1.165) is 5.52 Å². The highest BCUT2D eigenvalue weighted by molar-refractivity contribution is 5.84. The second-order valence-corrected chi connectivity index (χ2v) is 4.86. The van der Waals surface area contributed by atoms with Crippen LogP contribution in [0.25, 0.3) is 11.0 Å². The zero-order valence-corrected chi connectivity index (χ0v) is 11.8. The van der Waals surface area contributed by atoms with Crippen LogP contribution >= 0.6 is 0 Å². The molecule has 3 heterocycles. The molecule has 0 radical (unpaired) electrons. The van der Waals surface area contributed by atoms with Gasteiger partial charge in [-0.05, 0) is 6.07 Å². The lowest BCUT2D eigenvalue weighted by Gasteiger charge is -2.22. The van der Waals surface area contributed by atoms with Gasteiger partial charge in [0.1, 0.15) is 23.8 Å². The summed E-state index contributed by atoms with van der Waals surface area (Å²) in [7, 11) is 3.15. The Morgan fingerprint density at radius 3 is 2.76 bits per heavy atom. The Morgan fingerprint density at radius 2 is 2.10 bits per heavy atom. The van der Waals surface area contributed by atoms with Gasteiger partial charge in [-0.3, -0.25) is 0 Å². The number of hydrogen-bond acceptors (Lipinski definition) is 7. The van der Waals surface area contributed by atoms with E-state index in [0.29, 0.717) is 11.3 Å². The summed E-state index contributed by atoms with van der Waals surface area (Å²) in [5.41, 5.74) is 7.22. The maximum Gasteiger partial charge on any atom is 0.164 e. The van der Waals surface area contributed by atoms with Crippen LogP contribution in [0.5, 0.6) is 0 Å². The number of imidazole rings is 1. The number of hydrogen-bond donors (Lipinski definition) is 2. The summed E-state index contributed by atoms with van der Waals surface area (Å²) in [6.07, 6.45) is 1.61. The summed E-state index contributed by atoms with van der Waals surface area (Å²) in [4.78, 5) is 8.28. The number of nitrogen functional groups attached to an aromatic ring is 1. The average Bonchev–Trinajstić information content (AvgIpc) is 3.07. The Morgan fingerprint density at radius 1 is 1.33 bits per heavy atom. The van der Waals surface area contributed by atoms with E-state index in [1.54, 1.807) is 26.7 Å². The van der Waals surface area contributed by atoms with E-state index in [9.17, 15) is 5.11 Å². The molecule has 3 N–H and O–H groups in total. The van der Waals surface area contributed by atoms with E-state index in [1.807, 2.05) is 10.6 Å². The second-order valence-electron chi connectivity index (χ2n) is 4.86. The third kappa shape index (κ3) is 2.16. The molecule has 1 fully saturated rings. The van der Waals surface area contributed by atoms with E-state index in [1.165, 1.54) is 0 Å². The molecule has 8 heteroatoms. The third-order valence-electron chi connectivity index (χ3n) is 3.80. The quantitative estimate of drug-likeness (QED) is 0.813. The summed E-state index contributed by atoms with van der Waals surface area (Å²) in [5, 5.41) is 9.44. The Hall–Kier alpha value is -1.74. The van der Waals surface area contributed by atoms with Crippen molar-refractivity contribution in [2.75, 3.05) is 26.6 Å². The number of ether oxygens (including phenoxy) is 3. The van der Waals surface area contributed by atoms with Gasteiger partial charge in [0.15, 0.2) is 12.0 Å². The van der Waals surface area contributed by atoms with Crippen molar-refractivity contribution in [3.8, 4) is 0 Å². The van der Waals surface area contributed by atoms with Crippen molar-refractivity contribution in [3.63, 3.8) is 0 Å². The molecule has 0 aromatic carbocycles. The molecule has 4 atom stereocenters. The number of pyridine rings is 1. The fourth-order valence-corrected chi connectivity index (χ4v) is 2.80. The first-order chi connectivity index (χ1) is 10.2. The number of aliphatic hydroxyl groups is 1. The average molecular weight is 294 g/mol. The molecule has 0 amide bonds. The van der Waals surface area contributed by atoms with Gasteiger partial charge in [0.25, 0.3) is 0 Å². The number of methoxy groups -OCH3 is 2. The molecule has 114 valence electrons. The van der Waals surface area contributed by atoms with Gasteiger partial charge in [-0.25, -0.2) is 9.97 Å². The lowest BCUT2D eigenvalue weighted by molar-refractivity contribution is -0.0581. The van der Waals surface area contributed by atoms with Gasteiger partial charge in [0.2, 0.25) is 0 Å². The predicted molar refractivity (Wildman–Crippen MR) is 74.5 cm³/mol. The summed E-state index contributed by atoms with van der Waals surface area (Å²) in [6, 6.07) is 1.81. The normalized spacial score (nSPS) is 29.3. The zero-order valence-electron chi connectivity index (χ0n) is 11.8. The van der Waals surface area contributed by atoms with Crippen LogP contribution in [-0.4, -0.2) is 58.8 Å². The van der Waals surface area contributed by atoms with Crippen molar-refractivity contribution in [1.29, 1.82) is 0 Å². The van der Waals surface area contributed by atoms with Crippen LogP contribution in [0.3, 0.4) is 0 Å². The molecule has 1 aliphatic rings. The Labute approximate surface area is 121 Å². The van der Waals surface area contributed by atoms with Crippen molar-refractivity contribution in [3.05, 3.63) is 18.6 Å². The minimum Gasteiger partial charge on any atom is -0.394 e. The van der Waals surface area contributed by atoms with E-state index in [2.05, 4.69) is 9.97 Å². The summed E-state index contributed by atoms with van der Waals surface area (Å²) in [6.45, 7) is -0.148. The van der Waals surface area contributed by atoms with Crippen molar-refractivity contribution in [2.24, 2.45) is 0 Å². The van der Waals surface area contributed by atoms with Crippen molar-refractivity contribution >= 4 is 16.9 Å². The van der Waals surface area contributed by atoms with Gasteiger partial charge in [-0.1, -0.05) is 0 Å². The molecular weight excluding hydrogens is 276 g/mol. The number of rotatable bonds is 4. The number of aliphatic hydroxyl groups excluding tert-OH is 1. The first kappa shape index (κ1) is 14.2. The SMILES string of the molecule is COC1[C@@H](CO)O[C@@H](n2cnc3c(N)nccc32)[C@H]1OC. The molecular formula is C13H18N4O4. The standard InChI is InChI=1S/C13H18N4O4/c1-19-10-8(5-18)21-13(11(10)20-2)17-6-16-9-7(17)3-4-15-12(9)14/h3-4,6,8,10-11,13,18H,5H2,1-2H3,(H2,14,15)/t8-,10?,11+,13-/m1/s1. The molecule has 21 heavy (non-hydrogen) atoms. The molecule has 0 aliphatic carbocycles. The maximum absolute atomic E-state index is 9.44. The fourth-order valence-electron chi connectivity index (χ4n) is 2.80. The summed E-state index contributed by atoms with van der Waals surface area (Å²) in [5.74, 6) is 0.361. The third-order valence-corrected chi connectivity index (χ3v) is 3.80. The molecule has 2 aromatic rings. The number of anilines is 1. The monoisotopic (exact) mass is 294 g/mol. The van der Waals surface area contributed by atoms with Crippen LogP contribution in [0.4, 0.5) is 5.82 Å². The number of fused-ring (bicyclic) bond motifs is 1. The largest absolute Gasteiger partial charge is 0.394 e. The van der Waals surface area contributed by atoms with Gasteiger partial charge in [0, 0.05) is 20.4 Å². The van der Waals surface area contributed by atoms with E-state index in [4.69, 9.17) is 19.9 Å². The fraction of sp³-hybridized carbons (Fsp3) is 0.538. The number of nitrogens with zero attached hydrogens (tertiary/aromatic N) is 3. The lowest BCUT2D eigenvalue weighted by Crippen LogP contribution is -2.36. The van der Waals surface area contributed by atoms with Gasteiger partial charge < -0.3 is 29.6 Å². The second kappa shape index (κ2) is 5.57. The first-order valence-corrected chi connectivity index (χ1v) is 6.60. The molecule has 0 bridgehead atoms. The van der Waals surface area contributed by atoms with Crippen LogP contribution in [0.2, 0.25) is 0 Å². The Kier molecular flexibility index (Phi) is 3.77. The molecule has 1 aliphatic heterocycles. The maximum atomic E-state index is 9.44. The molecule has 8 nitrogen and oxygen atoms in total.